The van der Waals surface area contributed by atoms with Gasteiger partial charge < -0.3 is 0 Å². The van der Waals surface area contributed by atoms with Crippen molar-refractivity contribution < 1.29 is 8.42 Å². The molecule has 0 unspecified atom stereocenters. The van der Waals surface area contributed by atoms with Crippen molar-refractivity contribution in [2.24, 2.45) is 0 Å². The van der Waals surface area contributed by atoms with Crippen molar-refractivity contribution in [3.05, 3.63) is 21.0 Å². The topological polar surface area (TPSA) is 47.0 Å². The third-order valence-corrected chi connectivity index (χ3v) is 3.84. The van der Waals surface area contributed by atoms with E-state index in [2.05, 4.69) is 4.98 Å². The average molecular weight is 338 g/mol. The minimum absolute atomic E-state index is 0.00948. The molecule has 12 heavy (non-hydrogen) atoms. The molecular formula is C5H2Cl2INO2S. The van der Waals surface area contributed by atoms with Gasteiger partial charge in [-0.25, -0.2) is 13.4 Å². The maximum absolute atomic E-state index is 10.9. The van der Waals surface area contributed by atoms with E-state index < -0.39 is 9.05 Å². The molecule has 0 atom stereocenters. The van der Waals surface area contributed by atoms with Crippen LogP contribution in [0.1, 0.15) is 0 Å². The highest BCUT2D eigenvalue weighted by molar-refractivity contribution is 14.1. The Morgan fingerprint density at radius 1 is 1.50 bits per heavy atom. The first kappa shape index (κ1) is 10.5. The van der Waals surface area contributed by atoms with E-state index >= 15 is 0 Å². The highest BCUT2D eigenvalue weighted by atomic mass is 127. The van der Waals surface area contributed by atoms with Crippen molar-refractivity contribution in [1.29, 1.82) is 0 Å². The number of pyridine rings is 1. The minimum atomic E-state index is -3.72. The van der Waals surface area contributed by atoms with Crippen molar-refractivity contribution in [3.8, 4) is 0 Å². The molecule has 1 rings (SSSR count). The van der Waals surface area contributed by atoms with E-state index in [1.54, 1.807) is 0 Å². The highest BCUT2D eigenvalue weighted by Gasteiger charge is 2.14. The fraction of sp³-hybridized carbons (Fsp3) is 0. The van der Waals surface area contributed by atoms with Crippen molar-refractivity contribution >= 4 is 53.9 Å². The van der Waals surface area contributed by atoms with Crippen LogP contribution in [0.25, 0.3) is 0 Å². The molecule has 0 fully saturated rings. The van der Waals surface area contributed by atoms with Gasteiger partial charge in [0.2, 0.25) is 0 Å². The van der Waals surface area contributed by atoms with Crippen molar-refractivity contribution in [2.75, 3.05) is 0 Å². The van der Waals surface area contributed by atoms with Crippen molar-refractivity contribution in [3.63, 3.8) is 0 Å². The van der Waals surface area contributed by atoms with Crippen LogP contribution in [0, 0.1) is 3.57 Å². The SMILES string of the molecule is O=S(=O)(Cl)c1cc(Cl)ncc1I. The maximum Gasteiger partial charge on any atom is 0.262 e. The third-order valence-electron chi connectivity index (χ3n) is 1.05. The molecule has 0 aliphatic rings. The van der Waals surface area contributed by atoms with E-state index in [-0.39, 0.29) is 10.0 Å². The third kappa shape index (κ3) is 2.45. The van der Waals surface area contributed by atoms with Gasteiger partial charge in [-0.15, -0.1) is 0 Å². The van der Waals surface area contributed by atoms with Crippen molar-refractivity contribution in [2.45, 2.75) is 4.90 Å². The molecule has 0 saturated heterocycles. The molecule has 3 nitrogen and oxygen atoms in total. The van der Waals surface area contributed by atoms with Gasteiger partial charge in [0, 0.05) is 16.9 Å². The molecule has 1 heterocycles. The summed E-state index contributed by atoms with van der Waals surface area (Å²) in [6.45, 7) is 0. The Balaban J connectivity index is 3.43. The fourth-order valence-electron chi connectivity index (χ4n) is 0.583. The van der Waals surface area contributed by atoms with Crippen LogP contribution in [0.5, 0.6) is 0 Å². The molecule has 7 heteroatoms. The second kappa shape index (κ2) is 3.65. The Hall–Kier alpha value is 0.410. The summed E-state index contributed by atoms with van der Waals surface area (Å²) in [6, 6.07) is 1.21. The van der Waals surface area contributed by atoms with Crippen LogP contribution in [0.3, 0.4) is 0 Å². The Labute approximate surface area is 92.6 Å². The molecule has 0 saturated carbocycles. The summed E-state index contributed by atoms with van der Waals surface area (Å²) in [5.41, 5.74) is 0. The van der Waals surface area contributed by atoms with Gasteiger partial charge in [-0.1, -0.05) is 11.6 Å². The lowest BCUT2D eigenvalue weighted by atomic mass is 10.5. The van der Waals surface area contributed by atoms with Crippen LogP contribution < -0.4 is 0 Å². The summed E-state index contributed by atoms with van der Waals surface area (Å²) >= 11 is 7.30. The molecule has 1 aromatic heterocycles. The van der Waals surface area contributed by atoms with Gasteiger partial charge in [0.25, 0.3) is 9.05 Å². The highest BCUT2D eigenvalue weighted by Crippen LogP contribution is 2.23. The van der Waals surface area contributed by atoms with E-state index in [9.17, 15) is 8.42 Å². The Kier molecular flexibility index (Phi) is 3.19. The van der Waals surface area contributed by atoms with Gasteiger partial charge in [0.1, 0.15) is 10.0 Å². The molecular weight excluding hydrogens is 336 g/mol. The van der Waals surface area contributed by atoms with Crippen LogP contribution in [0.15, 0.2) is 17.2 Å². The van der Waals surface area contributed by atoms with Crippen molar-refractivity contribution in [1.82, 2.24) is 4.98 Å². The molecule has 66 valence electrons. The van der Waals surface area contributed by atoms with E-state index in [1.165, 1.54) is 12.3 Å². The fourth-order valence-corrected chi connectivity index (χ4v) is 3.28. The molecule has 0 amide bonds. The van der Waals surface area contributed by atoms with Gasteiger partial charge in [0.15, 0.2) is 0 Å². The summed E-state index contributed by atoms with van der Waals surface area (Å²) in [5, 5.41) is 0.106. The van der Waals surface area contributed by atoms with E-state index in [0.29, 0.717) is 3.57 Å². The van der Waals surface area contributed by atoms with Crippen LogP contribution in [-0.2, 0) is 9.05 Å². The Morgan fingerprint density at radius 2 is 2.08 bits per heavy atom. The lowest BCUT2D eigenvalue weighted by Crippen LogP contribution is -1.95. The number of nitrogens with zero attached hydrogens (tertiary/aromatic N) is 1. The molecule has 0 aliphatic carbocycles. The van der Waals surface area contributed by atoms with Crippen LogP contribution in [0.2, 0.25) is 5.15 Å². The largest absolute Gasteiger partial charge is 0.262 e. The van der Waals surface area contributed by atoms with Crippen LogP contribution >= 0.6 is 44.9 Å². The normalized spacial score (nSPS) is 11.6. The van der Waals surface area contributed by atoms with Crippen LogP contribution in [0.4, 0.5) is 0 Å². The first-order valence-electron chi connectivity index (χ1n) is 2.67. The summed E-state index contributed by atoms with van der Waals surface area (Å²) in [6.07, 6.45) is 1.35. The monoisotopic (exact) mass is 337 g/mol. The van der Waals surface area contributed by atoms with Gasteiger partial charge in [-0.05, 0) is 28.7 Å². The summed E-state index contributed by atoms with van der Waals surface area (Å²) in [7, 11) is 1.40. The zero-order valence-electron chi connectivity index (χ0n) is 5.46. The maximum atomic E-state index is 10.9. The number of hydrogen-bond acceptors (Lipinski definition) is 3. The van der Waals surface area contributed by atoms with Crippen LogP contribution in [-0.4, -0.2) is 13.4 Å². The molecule has 0 aromatic carbocycles. The molecule has 0 N–H and O–H groups in total. The predicted molar refractivity (Wildman–Crippen MR) is 55.0 cm³/mol. The first-order valence-corrected chi connectivity index (χ1v) is 6.43. The molecule has 0 radical (unpaired) electrons. The smallest absolute Gasteiger partial charge is 0.243 e. The Morgan fingerprint density at radius 3 is 2.50 bits per heavy atom. The molecule has 0 spiro atoms. The second-order valence-electron chi connectivity index (χ2n) is 1.88. The minimum Gasteiger partial charge on any atom is -0.243 e. The number of rotatable bonds is 1. The predicted octanol–water partition coefficient (Wildman–Crippen LogP) is 2.27. The standard InChI is InChI=1S/C5H2Cl2INO2S/c6-5-1-4(12(7,10)11)3(8)2-9-5/h1-2H. The zero-order valence-corrected chi connectivity index (χ0v) is 9.95. The summed E-state index contributed by atoms with van der Waals surface area (Å²) in [4.78, 5) is 3.68. The Bertz CT molecular complexity index is 406. The van der Waals surface area contributed by atoms with Gasteiger partial charge in [0.05, 0.1) is 3.57 Å². The summed E-state index contributed by atoms with van der Waals surface area (Å²) < 4.78 is 22.2. The molecule has 0 bridgehead atoms. The molecule has 0 aliphatic heterocycles. The number of hydrogen-bond donors (Lipinski definition) is 0. The van der Waals surface area contributed by atoms with E-state index in [1.807, 2.05) is 22.6 Å². The molecule has 1 aromatic rings. The van der Waals surface area contributed by atoms with Gasteiger partial charge >= 0.3 is 0 Å². The quantitative estimate of drug-likeness (QED) is 0.448. The zero-order chi connectivity index (χ0) is 9.35. The average Bonchev–Trinajstić information content (AvgIpc) is 1.92. The van der Waals surface area contributed by atoms with E-state index in [0.717, 1.165) is 0 Å². The number of halogens is 3. The lowest BCUT2D eigenvalue weighted by molar-refractivity contribution is 0.609. The first-order chi connectivity index (χ1) is 5.41. The second-order valence-corrected chi connectivity index (χ2v) is 5.96. The van der Waals surface area contributed by atoms with E-state index in [4.69, 9.17) is 22.3 Å². The van der Waals surface area contributed by atoms with Gasteiger partial charge in [-0.2, -0.15) is 0 Å². The number of aromatic nitrogens is 1. The van der Waals surface area contributed by atoms with Gasteiger partial charge in [-0.3, -0.25) is 0 Å². The summed E-state index contributed by atoms with van der Waals surface area (Å²) in [5.74, 6) is 0. The lowest BCUT2D eigenvalue weighted by Gasteiger charge is -1.98.